The van der Waals surface area contributed by atoms with Gasteiger partial charge in [-0.25, -0.2) is 0 Å². The van der Waals surface area contributed by atoms with E-state index in [1.807, 2.05) is 0 Å². The Labute approximate surface area is 69.1 Å². The van der Waals surface area contributed by atoms with Crippen molar-refractivity contribution in [1.82, 2.24) is 0 Å². The van der Waals surface area contributed by atoms with E-state index in [0.29, 0.717) is 9.99 Å². The number of hydrogen-bond donors (Lipinski definition) is 3. The topological polar surface area (TPSA) is 63.3 Å². The van der Waals surface area contributed by atoms with Crippen molar-refractivity contribution in [3.8, 4) is 0 Å². The number of thiol groups is 1. The molecule has 0 aliphatic rings. The highest BCUT2D eigenvalue weighted by Crippen LogP contribution is 2.18. The molecule has 0 fully saturated rings. The maximum atomic E-state index is 9.98. The number of nitrogens with two attached hydrogens (primary N) is 1. The van der Waals surface area contributed by atoms with Gasteiger partial charge in [0.15, 0.2) is 0 Å². The van der Waals surface area contributed by atoms with Gasteiger partial charge in [-0.3, -0.25) is 4.79 Å². The molecule has 3 nitrogen and oxygen atoms in total. The van der Waals surface area contributed by atoms with Gasteiger partial charge in [0.05, 0.1) is 10.7 Å². The number of carbonyl (C=O) groups is 1. The van der Waals surface area contributed by atoms with E-state index in [4.69, 9.17) is 10.8 Å². The van der Waals surface area contributed by atoms with Gasteiger partial charge in [-0.1, -0.05) is 0 Å². The molecule has 0 unspecified atom stereocenters. The molecule has 0 aliphatic carbocycles. The Hall–Kier alpha value is -0.290. The van der Waals surface area contributed by atoms with Crippen LogP contribution in [0.15, 0.2) is 10.4 Å². The molecule has 0 atom stereocenters. The molecular formula is C5H9NO2S2. The summed E-state index contributed by atoms with van der Waals surface area (Å²) in [4.78, 5) is 9.98. The van der Waals surface area contributed by atoms with E-state index in [2.05, 4.69) is 12.6 Å². The van der Waals surface area contributed by atoms with Crippen LogP contribution in [0.4, 0.5) is 0 Å². The first-order chi connectivity index (χ1) is 4.66. The zero-order chi connectivity index (χ0) is 7.98. The molecule has 10 heavy (non-hydrogen) atoms. The van der Waals surface area contributed by atoms with Crippen molar-refractivity contribution < 1.29 is 9.90 Å². The molecule has 5 heteroatoms. The minimum Gasteiger partial charge on any atom is -0.481 e. The lowest BCUT2D eigenvalue weighted by Crippen LogP contribution is -1.95. The average molecular weight is 179 g/mol. The lowest BCUT2D eigenvalue weighted by Gasteiger charge is -1.94. The third-order valence-corrected chi connectivity index (χ3v) is 2.08. The number of aliphatic carboxylic acids is 1. The third-order valence-electron chi connectivity index (χ3n) is 0.708. The summed E-state index contributed by atoms with van der Waals surface area (Å²) < 4.78 is 0.654. The minimum atomic E-state index is -0.800. The molecule has 0 aromatic carbocycles. The van der Waals surface area contributed by atoms with Gasteiger partial charge in [-0.2, -0.15) is 0 Å². The molecule has 0 rings (SSSR count). The fourth-order valence-corrected chi connectivity index (χ4v) is 1.15. The molecule has 0 bridgehead atoms. The molecule has 0 saturated carbocycles. The first-order valence-electron chi connectivity index (χ1n) is 2.62. The van der Waals surface area contributed by atoms with E-state index in [1.165, 1.54) is 18.0 Å². The van der Waals surface area contributed by atoms with Gasteiger partial charge >= 0.3 is 5.97 Å². The lowest BCUT2D eigenvalue weighted by atomic mass is 10.5. The van der Waals surface area contributed by atoms with Crippen LogP contribution < -0.4 is 5.73 Å². The van der Waals surface area contributed by atoms with Gasteiger partial charge in [-0.15, -0.1) is 24.4 Å². The Morgan fingerprint density at radius 2 is 2.40 bits per heavy atom. The van der Waals surface area contributed by atoms with Crippen LogP contribution in [0.25, 0.3) is 0 Å². The molecule has 0 saturated heterocycles. The Morgan fingerprint density at radius 1 is 1.80 bits per heavy atom. The zero-order valence-corrected chi connectivity index (χ0v) is 6.99. The highest BCUT2D eigenvalue weighted by molar-refractivity contribution is 8.15. The van der Waals surface area contributed by atoms with E-state index >= 15 is 0 Å². The number of carboxylic acids is 1. The van der Waals surface area contributed by atoms with Gasteiger partial charge in [-0.05, 0) is 0 Å². The van der Waals surface area contributed by atoms with E-state index < -0.39 is 5.97 Å². The van der Waals surface area contributed by atoms with Crippen molar-refractivity contribution in [2.24, 2.45) is 5.73 Å². The van der Waals surface area contributed by atoms with Crippen molar-refractivity contribution >= 4 is 30.4 Å². The molecule has 0 aromatic heterocycles. The maximum absolute atomic E-state index is 9.98. The van der Waals surface area contributed by atoms with Crippen molar-refractivity contribution in [1.29, 1.82) is 0 Å². The van der Waals surface area contributed by atoms with Crippen molar-refractivity contribution in [3.63, 3.8) is 0 Å². The van der Waals surface area contributed by atoms with Gasteiger partial charge in [0.2, 0.25) is 0 Å². The second-order valence-corrected chi connectivity index (χ2v) is 3.42. The normalized spacial score (nSPS) is 11.5. The van der Waals surface area contributed by atoms with Gasteiger partial charge < -0.3 is 10.8 Å². The molecule has 0 aliphatic heterocycles. The number of thioether (sulfide) groups is 1. The fraction of sp³-hybridized carbons (Fsp3) is 0.400. The van der Waals surface area contributed by atoms with Gasteiger partial charge in [0.25, 0.3) is 0 Å². The van der Waals surface area contributed by atoms with E-state index in [0.717, 1.165) is 0 Å². The number of rotatable bonds is 4. The molecular weight excluding hydrogens is 170 g/mol. The standard InChI is InChI=1S/C5H9NO2S2/c6-3-5(9)10-2-1-4(7)8/h3,9H,1-2,6H2,(H,7,8)/b5-3+. The number of carboxylic acid groups (broad SMARTS) is 1. The molecule has 0 amide bonds. The van der Waals surface area contributed by atoms with Crippen molar-refractivity contribution in [3.05, 3.63) is 10.4 Å². The van der Waals surface area contributed by atoms with Crippen LogP contribution in [0.5, 0.6) is 0 Å². The zero-order valence-electron chi connectivity index (χ0n) is 5.28. The van der Waals surface area contributed by atoms with Crippen LogP contribution in [0.2, 0.25) is 0 Å². The van der Waals surface area contributed by atoms with Gasteiger partial charge in [0, 0.05) is 12.0 Å². The van der Waals surface area contributed by atoms with Crippen LogP contribution in [0, 0.1) is 0 Å². The van der Waals surface area contributed by atoms with Crippen LogP contribution in [-0.2, 0) is 4.79 Å². The summed E-state index contributed by atoms with van der Waals surface area (Å²) in [6.07, 6.45) is 1.48. The Morgan fingerprint density at radius 3 is 2.80 bits per heavy atom. The average Bonchev–Trinajstić information content (AvgIpc) is 1.87. The van der Waals surface area contributed by atoms with Crippen LogP contribution >= 0.6 is 24.4 Å². The smallest absolute Gasteiger partial charge is 0.304 e. The molecule has 58 valence electrons. The third kappa shape index (κ3) is 5.84. The summed E-state index contributed by atoms with van der Waals surface area (Å²) in [6, 6.07) is 0. The van der Waals surface area contributed by atoms with Crippen LogP contribution in [0.1, 0.15) is 6.42 Å². The predicted molar refractivity (Wildman–Crippen MR) is 46.0 cm³/mol. The Bertz CT molecular complexity index is 147. The first kappa shape index (κ1) is 9.71. The van der Waals surface area contributed by atoms with E-state index in [9.17, 15) is 4.79 Å². The number of hydrogen-bond acceptors (Lipinski definition) is 4. The second kappa shape index (κ2) is 5.49. The molecule has 0 heterocycles. The van der Waals surface area contributed by atoms with Crippen molar-refractivity contribution in [2.45, 2.75) is 6.42 Å². The van der Waals surface area contributed by atoms with E-state index in [-0.39, 0.29) is 6.42 Å². The van der Waals surface area contributed by atoms with Gasteiger partial charge in [0.1, 0.15) is 0 Å². The first-order valence-corrected chi connectivity index (χ1v) is 4.05. The summed E-state index contributed by atoms with van der Waals surface area (Å²) in [6.45, 7) is 0. The summed E-state index contributed by atoms with van der Waals surface area (Å²) in [5.41, 5.74) is 5.08. The fourth-order valence-electron chi connectivity index (χ4n) is 0.291. The van der Waals surface area contributed by atoms with Crippen LogP contribution in [0.3, 0.4) is 0 Å². The molecule has 0 radical (unpaired) electrons. The largest absolute Gasteiger partial charge is 0.481 e. The monoisotopic (exact) mass is 179 g/mol. The predicted octanol–water partition coefficient (Wildman–Crippen LogP) is 0.882. The highest BCUT2D eigenvalue weighted by atomic mass is 32.2. The maximum Gasteiger partial charge on any atom is 0.304 e. The Kier molecular flexibility index (Phi) is 5.33. The quantitative estimate of drug-likeness (QED) is 0.561. The molecule has 3 N–H and O–H groups in total. The summed E-state index contributed by atoms with van der Waals surface area (Å²) >= 11 is 5.26. The molecule has 0 aromatic rings. The second-order valence-electron chi connectivity index (χ2n) is 1.50. The van der Waals surface area contributed by atoms with E-state index in [1.54, 1.807) is 0 Å². The van der Waals surface area contributed by atoms with Crippen LogP contribution in [-0.4, -0.2) is 16.8 Å². The van der Waals surface area contributed by atoms with Crippen molar-refractivity contribution in [2.75, 3.05) is 5.75 Å². The minimum absolute atomic E-state index is 0.141. The summed E-state index contributed by atoms with van der Waals surface area (Å²) in [5, 5.41) is 8.21. The lowest BCUT2D eigenvalue weighted by molar-refractivity contribution is -0.136. The summed E-state index contributed by atoms with van der Waals surface area (Å²) in [5.74, 6) is -0.285. The SMILES string of the molecule is N/C=C(\S)SCCC(=O)O. The molecule has 0 spiro atoms. The highest BCUT2D eigenvalue weighted by Gasteiger charge is 1.96. The summed E-state index contributed by atoms with van der Waals surface area (Å²) in [7, 11) is 0. The Balaban J connectivity index is 3.29.